The molecule has 1 aliphatic rings. The molecule has 1 aliphatic heterocycles. The minimum absolute atomic E-state index is 0.496. The molecule has 0 aromatic heterocycles. The molecule has 1 unspecified atom stereocenters. The van der Waals surface area contributed by atoms with Gasteiger partial charge in [-0.1, -0.05) is 13.8 Å². The van der Waals surface area contributed by atoms with E-state index in [4.69, 9.17) is 9.94 Å². The SMILES string of the molecule is CCN(O)CC1=CC(C)CO1. The first-order valence-electron chi connectivity index (χ1n) is 3.99. The second-order valence-electron chi connectivity index (χ2n) is 2.90. The van der Waals surface area contributed by atoms with Gasteiger partial charge in [0.25, 0.3) is 0 Å². The fourth-order valence-corrected chi connectivity index (χ4v) is 1.04. The summed E-state index contributed by atoms with van der Waals surface area (Å²) < 4.78 is 5.30. The molecule has 0 fully saturated rings. The Morgan fingerprint density at radius 3 is 3.00 bits per heavy atom. The van der Waals surface area contributed by atoms with Gasteiger partial charge in [-0.3, -0.25) is 0 Å². The lowest BCUT2D eigenvalue weighted by atomic mass is 10.2. The molecule has 0 amide bonds. The monoisotopic (exact) mass is 157 g/mol. The second-order valence-corrected chi connectivity index (χ2v) is 2.90. The normalized spacial score (nSPS) is 23.6. The quantitative estimate of drug-likeness (QED) is 0.626. The molecule has 3 heteroatoms. The smallest absolute Gasteiger partial charge is 0.109 e. The molecule has 1 rings (SSSR count). The molecule has 0 bridgehead atoms. The molecule has 0 radical (unpaired) electrons. The zero-order chi connectivity index (χ0) is 8.27. The lowest BCUT2D eigenvalue weighted by Gasteiger charge is -2.11. The fraction of sp³-hybridized carbons (Fsp3) is 0.750. The van der Waals surface area contributed by atoms with E-state index in [1.807, 2.05) is 6.92 Å². The van der Waals surface area contributed by atoms with Crippen molar-refractivity contribution in [1.82, 2.24) is 5.06 Å². The standard InChI is InChI=1S/C8H15NO2/c1-3-9(10)5-8-4-7(2)6-11-8/h4,7,10H,3,5-6H2,1-2H3. The Morgan fingerprint density at radius 2 is 2.55 bits per heavy atom. The van der Waals surface area contributed by atoms with Gasteiger partial charge in [0.2, 0.25) is 0 Å². The van der Waals surface area contributed by atoms with Crippen LogP contribution < -0.4 is 0 Å². The fourth-order valence-electron chi connectivity index (χ4n) is 1.04. The molecule has 0 spiro atoms. The molecule has 0 saturated carbocycles. The van der Waals surface area contributed by atoms with Crippen molar-refractivity contribution in [3.63, 3.8) is 0 Å². The van der Waals surface area contributed by atoms with Gasteiger partial charge in [0, 0.05) is 12.5 Å². The molecule has 1 N–H and O–H groups in total. The Kier molecular flexibility index (Phi) is 2.91. The van der Waals surface area contributed by atoms with Crippen LogP contribution in [-0.2, 0) is 4.74 Å². The topological polar surface area (TPSA) is 32.7 Å². The molecule has 1 heterocycles. The van der Waals surface area contributed by atoms with E-state index in [1.54, 1.807) is 0 Å². The molecule has 0 aromatic carbocycles. The highest BCUT2D eigenvalue weighted by Crippen LogP contribution is 2.15. The Morgan fingerprint density at radius 1 is 1.82 bits per heavy atom. The van der Waals surface area contributed by atoms with E-state index in [2.05, 4.69) is 13.0 Å². The van der Waals surface area contributed by atoms with Gasteiger partial charge < -0.3 is 9.94 Å². The Bertz CT molecular complexity index is 156. The molecule has 3 nitrogen and oxygen atoms in total. The lowest BCUT2D eigenvalue weighted by molar-refractivity contribution is -0.0857. The van der Waals surface area contributed by atoms with Crippen molar-refractivity contribution in [3.05, 3.63) is 11.8 Å². The van der Waals surface area contributed by atoms with Crippen molar-refractivity contribution >= 4 is 0 Å². The lowest BCUT2D eigenvalue weighted by Crippen LogP contribution is -2.21. The Balaban J connectivity index is 2.32. The van der Waals surface area contributed by atoms with E-state index < -0.39 is 0 Å². The zero-order valence-electron chi connectivity index (χ0n) is 7.08. The largest absolute Gasteiger partial charge is 0.496 e. The van der Waals surface area contributed by atoms with Gasteiger partial charge in [-0.25, -0.2) is 0 Å². The van der Waals surface area contributed by atoms with Crippen molar-refractivity contribution in [2.24, 2.45) is 5.92 Å². The molecular formula is C8H15NO2. The third-order valence-electron chi connectivity index (χ3n) is 1.71. The van der Waals surface area contributed by atoms with Crippen LogP contribution in [0.4, 0.5) is 0 Å². The number of hydrogen-bond acceptors (Lipinski definition) is 3. The van der Waals surface area contributed by atoms with Crippen LogP contribution in [0, 0.1) is 5.92 Å². The van der Waals surface area contributed by atoms with Crippen LogP contribution in [0.5, 0.6) is 0 Å². The van der Waals surface area contributed by atoms with Crippen LogP contribution in [-0.4, -0.2) is 30.0 Å². The van der Waals surface area contributed by atoms with Crippen molar-refractivity contribution < 1.29 is 9.94 Å². The van der Waals surface area contributed by atoms with Crippen molar-refractivity contribution in [2.45, 2.75) is 13.8 Å². The highest BCUT2D eigenvalue weighted by atomic mass is 16.5. The highest BCUT2D eigenvalue weighted by Gasteiger charge is 2.13. The summed E-state index contributed by atoms with van der Waals surface area (Å²) in [6.45, 7) is 5.91. The average molecular weight is 157 g/mol. The maximum Gasteiger partial charge on any atom is 0.109 e. The molecule has 0 aliphatic carbocycles. The van der Waals surface area contributed by atoms with Crippen molar-refractivity contribution in [3.8, 4) is 0 Å². The van der Waals surface area contributed by atoms with Crippen molar-refractivity contribution in [1.29, 1.82) is 0 Å². The maximum atomic E-state index is 9.12. The zero-order valence-corrected chi connectivity index (χ0v) is 7.08. The first-order valence-corrected chi connectivity index (χ1v) is 3.99. The minimum Gasteiger partial charge on any atom is -0.496 e. The summed E-state index contributed by atoms with van der Waals surface area (Å²) in [5.74, 6) is 1.39. The summed E-state index contributed by atoms with van der Waals surface area (Å²) in [4.78, 5) is 0. The van der Waals surface area contributed by atoms with Gasteiger partial charge in [0.15, 0.2) is 0 Å². The minimum atomic E-state index is 0.496. The van der Waals surface area contributed by atoms with Crippen LogP contribution in [0.2, 0.25) is 0 Å². The summed E-state index contributed by atoms with van der Waals surface area (Å²) in [5.41, 5.74) is 0. The molecule has 64 valence electrons. The summed E-state index contributed by atoms with van der Waals surface area (Å²) in [7, 11) is 0. The molecule has 1 atom stereocenters. The van der Waals surface area contributed by atoms with Crippen LogP contribution in [0.25, 0.3) is 0 Å². The maximum absolute atomic E-state index is 9.12. The third-order valence-corrected chi connectivity index (χ3v) is 1.71. The van der Waals surface area contributed by atoms with E-state index in [0.717, 1.165) is 12.4 Å². The van der Waals surface area contributed by atoms with E-state index in [1.165, 1.54) is 5.06 Å². The van der Waals surface area contributed by atoms with Gasteiger partial charge in [-0.15, -0.1) is 0 Å². The highest BCUT2D eigenvalue weighted by molar-refractivity contribution is 5.02. The Hall–Kier alpha value is -0.540. The van der Waals surface area contributed by atoms with Crippen LogP contribution in [0.3, 0.4) is 0 Å². The number of rotatable bonds is 3. The first-order chi connectivity index (χ1) is 5.22. The molecule has 0 saturated heterocycles. The van der Waals surface area contributed by atoms with Gasteiger partial charge >= 0.3 is 0 Å². The van der Waals surface area contributed by atoms with Crippen LogP contribution in [0.15, 0.2) is 11.8 Å². The van der Waals surface area contributed by atoms with Gasteiger partial charge in [-0.2, -0.15) is 5.06 Å². The van der Waals surface area contributed by atoms with E-state index in [0.29, 0.717) is 19.0 Å². The number of nitrogens with zero attached hydrogens (tertiary/aromatic N) is 1. The first kappa shape index (κ1) is 8.56. The Labute approximate surface area is 67.2 Å². The average Bonchev–Trinajstić information content (AvgIpc) is 2.35. The molecular weight excluding hydrogens is 142 g/mol. The summed E-state index contributed by atoms with van der Waals surface area (Å²) in [5, 5.41) is 10.4. The third kappa shape index (κ3) is 2.52. The number of hydroxylamine groups is 2. The predicted octanol–water partition coefficient (Wildman–Crippen LogP) is 1.25. The summed E-state index contributed by atoms with van der Waals surface area (Å²) in [6, 6.07) is 0. The van der Waals surface area contributed by atoms with Crippen molar-refractivity contribution in [2.75, 3.05) is 19.7 Å². The molecule has 11 heavy (non-hydrogen) atoms. The predicted molar refractivity (Wildman–Crippen MR) is 42.2 cm³/mol. The summed E-state index contributed by atoms with van der Waals surface area (Å²) in [6.07, 6.45) is 2.05. The van der Waals surface area contributed by atoms with Gasteiger partial charge in [-0.05, 0) is 6.08 Å². The van der Waals surface area contributed by atoms with Gasteiger partial charge in [0.05, 0.1) is 13.2 Å². The summed E-state index contributed by atoms with van der Waals surface area (Å²) >= 11 is 0. The van der Waals surface area contributed by atoms with Crippen LogP contribution in [0.1, 0.15) is 13.8 Å². The van der Waals surface area contributed by atoms with E-state index in [-0.39, 0.29) is 0 Å². The van der Waals surface area contributed by atoms with Gasteiger partial charge in [0.1, 0.15) is 5.76 Å². The number of likely N-dealkylation sites (N-methyl/N-ethyl adjacent to an activating group) is 1. The second kappa shape index (κ2) is 3.74. The number of hydrogen-bond donors (Lipinski definition) is 1. The van der Waals surface area contributed by atoms with E-state index >= 15 is 0 Å². The van der Waals surface area contributed by atoms with Crippen LogP contribution >= 0.6 is 0 Å². The number of ether oxygens (including phenoxy) is 1. The molecule has 0 aromatic rings. The van der Waals surface area contributed by atoms with E-state index in [9.17, 15) is 0 Å².